The van der Waals surface area contributed by atoms with Crippen molar-refractivity contribution in [3.8, 4) is 11.6 Å². The Morgan fingerprint density at radius 3 is 2.75 bits per heavy atom. The van der Waals surface area contributed by atoms with E-state index in [1.54, 1.807) is 0 Å². The van der Waals surface area contributed by atoms with E-state index >= 15 is 0 Å². The van der Waals surface area contributed by atoms with Gasteiger partial charge in [0.25, 0.3) is 0 Å². The number of alkyl halides is 3. The Kier molecular flexibility index (Phi) is 5.75. The van der Waals surface area contributed by atoms with Gasteiger partial charge in [0, 0.05) is 25.0 Å². The highest BCUT2D eigenvalue weighted by Crippen LogP contribution is 2.37. The maximum absolute atomic E-state index is 13.3. The number of rotatable bonds is 5. The van der Waals surface area contributed by atoms with Crippen molar-refractivity contribution in [1.29, 1.82) is 0 Å². The molecule has 1 aromatic carbocycles. The van der Waals surface area contributed by atoms with E-state index in [0.29, 0.717) is 12.7 Å². The van der Waals surface area contributed by atoms with Crippen LogP contribution in [0.2, 0.25) is 0 Å². The number of halogens is 3. The van der Waals surface area contributed by atoms with Gasteiger partial charge in [-0.15, -0.1) is 0 Å². The van der Waals surface area contributed by atoms with E-state index in [0.717, 1.165) is 31.7 Å². The molecule has 0 unspecified atom stereocenters. The minimum absolute atomic E-state index is 0.00750. The maximum Gasteiger partial charge on any atom is 0.423 e. The zero-order valence-electron chi connectivity index (χ0n) is 15.0. The molecule has 0 saturated carbocycles. The van der Waals surface area contributed by atoms with E-state index in [1.165, 1.54) is 18.2 Å². The smallest absolute Gasteiger partial charge is 0.423 e. The van der Waals surface area contributed by atoms with Crippen LogP contribution in [0.25, 0.3) is 0 Å². The zero-order chi connectivity index (χ0) is 20.4. The molecule has 1 atom stereocenters. The van der Waals surface area contributed by atoms with Crippen molar-refractivity contribution in [2.75, 3.05) is 24.7 Å². The van der Waals surface area contributed by atoms with Crippen LogP contribution in [0, 0.1) is 0 Å². The van der Waals surface area contributed by atoms with Gasteiger partial charge >= 0.3 is 6.18 Å². The standard InChI is InChI=1S/C17H19F3N4O3S/c1-28(25,26)13-6-2-5-12(8-13)27-15-14(17(18,19)20)10-22-16(24-15)23-11-4-3-7-21-9-11/h2,5-6,8,10-11,21H,3-4,7,9H2,1H3,(H,22,23,24)/t11-/m0/s1. The van der Waals surface area contributed by atoms with Crippen molar-refractivity contribution >= 4 is 15.8 Å². The van der Waals surface area contributed by atoms with Gasteiger partial charge in [0.15, 0.2) is 9.84 Å². The van der Waals surface area contributed by atoms with Crippen molar-refractivity contribution < 1.29 is 26.3 Å². The summed E-state index contributed by atoms with van der Waals surface area (Å²) < 4.78 is 68.6. The fourth-order valence-electron chi connectivity index (χ4n) is 2.75. The fourth-order valence-corrected chi connectivity index (χ4v) is 3.40. The summed E-state index contributed by atoms with van der Waals surface area (Å²) in [5, 5.41) is 6.17. The van der Waals surface area contributed by atoms with Crippen molar-refractivity contribution in [2.45, 2.75) is 30.0 Å². The SMILES string of the molecule is CS(=O)(=O)c1cccc(Oc2nc(N[C@H]3CCCNC3)ncc2C(F)(F)F)c1. The first-order valence-corrected chi connectivity index (χ1v) is 10.4. The van der Waals surface area contributed by atoms with Crippen LogP contribution >= 0.6 is 0 Å². The molecule has 11 heteroatoms. The molecule has 152 valence electrons. The van der Waals surface area contributed by atoms with Gasteiger partial charge in [-0.1, -0.05) is 6.07 Å². The summed E-state index contributed by atoms with van der Waals surface area (Å²) in [6, 6.07) is 5.21. The number of ether oxygens (including phenoxy) is 1. The quantitative estimate of drug-likeness (QED) is 0.774. The topological polar surface area (TPSA) is 93.2 Å². The largest absolute Gasteiger partial charge is 0.438 e. The molecule has 2 aromatic rings. The molecule has 0 amide bonds. The lowest BCUT2D eigenvalue weighted by Gasteiger charge is -2.24. The molecule has 28 heavy (non-hydrogen) atoms. The molecule has 1 aliphatic heterocycles. The summed E-state index contributed by atoms with van der Waals surface area (Å²) in [6.45, 7) is 1.54. The highest BCUT2D eigenvalue weighted by atomic mass is 32.2. The van der Waals surface area contributed by atoms with Gasteiger partial charge in [0.1, 0.15) is 11.3 Å². The van der Waals surface area contributed by atoms with Gasteiger partial charge in [-0.3, -0.25) is 0 Å². The number of hydrogen-bond acceptors (Lipinski definition) is 7. The molecule has 7 nitrogen and oxygen atoms in total. The van der Waals surface area contributed by atoms with E-state index in [9.17, 15) is 21.6 Å². The van der Waals surface area contributed by atoms with E-state index in [-0.39, 0.29) is 22.6 Å². The molecule has 3 rings (SSSR count). The van der Waals surface area contributed by atoms with Crippen molar-refractivity contribution in [1.82, 2.24) is 15.3 Å². The van der Waals surface area contributed by atoms with Gasteiger partial charge in [0.2, 0.25) is 11.8 Å². The Balaban J connectivity index is 1.91. The Morgan fingerprint density at radius 1 is 1.32 bits per heavy atom. The average molecular weight is 416 g/mol. The molecule has 0 radical (unpaired) electrons. The summed E-state index contributed by atoms with van der Waals surface area (Å²) in [6.07, 6.45) is -1.31. The lowest BCUT2D eigenvalue weighted by Crippen LogP contribution is -2.38. The Morgan fingerprint density at radius 2 is 2.11 bits per heavy atom. The Labute approximate surface area is 160 Å². The minimum atomic E-state index is -4.73. The van der Waals surface area contributed by atoms with Crippen LogP contribution in [0.1, 0.15) is 18.4 Å². The van der Waals surface area contributed by atoms with Gasteiger partial charge in [0.05, 0.1) is 4.90 Å². The molecular formula is C17H19F3N4O3S. The zero-order valence-corrected chi connectivity index (χ0v) is 15.8. The highest BCUT2D eigenvalue weighted by molar-refractivity contribution is 7.90. The molecule has 0 bridgehead atoms. The second-order valence-electron chi connectivity index (χ2n) is 6.45. The van der Waals surface area contributed by atoms with Crippen molar-refractivity contribution in [3.63, 3.8) is 0 Å². The predicted octanol–water partition coefficient (Wildman–Crippen LogP) is 2.86. The predicted molar refractivity (Wildman–Crippen MR) is 96.2 cm³/mol. The van der Waals surface area contributed by atoms with Gasteiger partial charge in [-0.25, -0.2) is 13.4 Å². The molecule has 1 fully saturated rings. The number of nitrogens with zero attached hydrogens (tertiary/aromatic N) is 2. The summed E-state index contributed by atoms with van der Waals surface area (Å²) in [5.74, 6) is -0.757. The first kappa shape index (κ1) is 20.3. The van der Waals surface area contributed by atoms with Crippen LogP contribution in [0.3, 0.4) is 0 Å². The molecule has 0 aliphatic carbocycles. The summed E-state index contributed by atoms with van der Waals surface area (Å²) in [7, 11) is -3.54. The third-order valence-electron chi connectivity index (χ3n) is 4.14. The average Bonchev–Trinajstić information content (AvgIpc) is 2.61. The Bertz CT molecular complexity index is 945. The van der Waals surface area contributed by atoms with Gasteiger partial charge < -0.3 is 15.4 Å². The van der Waals surface area contributed by atoms with Crippen LogP contribution in [-0.2, 0) is 16.0 Å². The van der Waals surface area contributed by atoms with E-state index in [1.807, 2.05) is 0 Å². The number of nitrogens with one attached hydrogen (secondary N) is 2. The fraction of sp³-hybridized carbons (Fsp3) is 0.412. The van der Waals surface area contributed by atoms with Crippen LogP contribution in [0.4, 0.5) is 19.1 Å². The van der Waals surface area contributed by atoms with E-state index < -0.39 is 27.5 Å². The normalized spacial score (nSPS) is 17.9. The monoisotopic (exact) mass is 416 g/mol. The van der Waals surface area contributed by atoms with Gasteiger partial charge in [-0.05, 0) is 37.6 Å². The van der Waals surface area contributed by atoms with Crippen molar-refractivity contribution in [2.24, 2.45) is 0 Å². The van der Waals surface area contributed by atoms with Crippen LogP contribution in [0.15, 0.2) is 35.4 Å². The summed E-state index contributed by atoms with van der Waals surface area (Å²) in [5.41, 5.74) is -1.15. The molecular weight excluding hydrogens is 397 g/mol. The number of piperidine rings is 1. The third kappa shape index (κ3) is 5.10. The Hall–Kier alpha value is -2.40. The molecule has 0 spiro atoms. The first-order chi connectivity index (χ1) is 13.1. The number of hydrogen-bond donors (Lipinski definition) is 2. The molecule has 2 heterocycles. The maximum atomic E-state index is 13.3. The number of aromatic nitrogens is 2. The number of benzene rings is 1. The second-order valence-corrected chi connectivity index (χ2v) is 8.46. The van der Waals surface area contributed by atoms with E-state index in [4.69, 9.17) is 4.74 Å². The van der Waals surface area contributed by atoms with Gasteiger partial charge in [-0.2, -0.15) is 18.2 Å². The highest BCUT2D eigenvalue weighted by Gasteiger charge is 2.36. The first-order valence-electron chi connectivity index (χ1n) is 8.52. The second kappa shape index (κ2) is 7.92. The summed E-state index contributed by atoms with van der Waals surface area (Å²) in [4.78, 5) is 7.56. The summed E-state index contributed by atoms with van der Waals surface area (Å²) >= 11 is 0. The van der Waals surface area contributed by atoms with Crippen molar-refractivity contribution in [3.05, 3.63) is 36.0 Å². The lowest BCUT2D eigenvalue weighted by molar-refractivity contribution is -0.139. The molecule has 1 aliphatic rings. The van der Waals surface area contributed by atoms with Crippen LogP contribution in [0.5, 0.6) is 11.6 Å². The third-order valence-corrected chi connectivity index (χ3v) is 5.25. The lowest BCUT2D eigenvalue weighted by atomic mass is 10.1. The minimum Gasteiger partial charge on any atom is -0.438 e. The molecule has 1 saturated heterocycles. The van der Waals surface area contributed by atoms with Crippen LogP contribution in [-0.4, -0.2) is 43.8 Å². The number of anilines is 1. The number of sulfone groups is 1. The van der Waals surface area contributed by atoms with Crippen LogP contribution < -0.4 is 15.4 Å². The van der Waals surface area contributed by atoms with E-state index in [2.05, 4.69) is 20.6 Å². The molecule has 1 aromatic heterocycles. The molecule has 2 N–H and O–H groups in total.